The topological polar surface area (TPSA) is 69.0 Å². The molecule has 8 heteroatoms. The molecule has 0 aliphatic carbocycles. The van der Waals surface area contributed by atoms with Gasteiger partial charge in [-0.2, -0.15) is 5.10 Å². The third kappa shape index (κ3) is 4.36. The lowest BCUT2D eigenvalue weighted by molar-refractivity contribution is 0.0936. The fourth-order valence-electron chi connectivity index (χ4n) is 3.66. The zero-order chi connectivity index (χ0) is 22.7. The number of nitrogens with zero attached hydrogens (tertiary/aromatic N) is 3. The number of methoxy groups -OCH3 is 1. The van der Waals surface area contributed by atoms with Gasteiger partial charge in [-0.3, -0.25) is 9.78 Å². The molecule has 2 aromatic carbocycles. The van der Waals surface area contributed by atoms with Crippen LogP contribution >= 0.6 is 15.9 Å². The van der Waals surface area contributed by atoms with Crippen molar-refractivity contribution in [3.8, 4) is 11.4 Å². The number of halogens is 2. The fourth-order valence-corrected chi connectivity index (χ4v) is 4.22. The molecular weight excluding hydrogens is 475 g/mol. The number of hydrogen-bond donors (Lipinski definition) is 1. The number of carbonyl (C=O) groups excluding carboxylic acids is 1. The lowest BCUT2D eigenvalue weighted by Crippen LogP contribution is -2.28. The number of pyridine rings is 1. The number of carbonyl (C=O) groups is 1. The van der Waals surface area contributed by atoms with Gasteiger partial charge in [0.25, 0.3) is 5.91 Å². The van der Waals surface area contributed by atoms with Crippen LogP contribution in [-0.4, -0.2) is 27.8 Å². The van der Waals surface area contributed by atoms with E-state index in [2.05, 4.69) is 38.3 Å². The minimum atomic E-state index is -0.324. The van der Waals surface area contributed by atoms with Gasteiger partial charge in [0.15, 0.2) is 0 Å². The number of nitrogens with one attached hydrogen (secondary N) is 1. The second-order valence-electron chi connectivity index (χ2n) is 7.36. The van der Waals surface area contributed by atoms with E-state index >= 15 is 0 Å². The highest BCUT2D eigenvalue weighted by molar-refractivity contribution is 9.10. The van der Waals surface area contributed by atoms with Gasteiger partial charge in [-0.05, 0) is 64.3 Å². The summed E-state index contributed by atoms with van der Waals surface area (Å²) in [7, 11) is 1.62. The van der Waals surface area contributed by atoms with Crippen LogP contribution in [0.15, 0.2) is 65.5 Å². The van der Waals surface area contributed by atoms with Gasteiger partial charge < -0.3 is 10.1 Å². The minimum absolute atomic E-state index is 0.169. The van der Waals surface area contributed by atoms with E-state index in [0.717, 1.165) is 28.6 Å². The molecule has 0 aliphatic heterocycles. The Morgan fingerprint density at radius 2 is 1.97 bits per heavy atom. The van der Waals surface area contributed by atoms with E-state index in [4.69, 9.17) is 4.74 Å². The molecule has 32 heavy (non-hydrogen) atoms. The summed E-state index contributed by atoms with van der Waals surface area (Å²) in [6.07, 6.45) is 6.50. The number of amides is 1. The highest BCUT2D eigenvalue weighted by Crippen LogP contribution is 2.30. The Morgan fingerprint density at radius 3 is 2.66 bits per heavy atom. The fraction of sp³-hybridized carbons (Fsp3) is 0.208. The molecular formula is C24H22BrFN4O2. The number of benzene rings is 2. The highest BCUT2D eigenvalue weighted by atomic mass is 79.9. The predicted octanol–water partition coefficient (Wildman–Crippen LogP) is 5.60. The Labute approximate surface area is 193 Å². The molecule has 0 spiro atoms. The number of ether oxygens (including phenoxy) is 1. The second kappa shape index (κ2) is 9.48. The van der Waals surface area contributed by atoms with Gasteiger partial charge in [-0.15, -0.1) is 0 Å². The maximum atomic E-state index is 13.3. The van der Waals surface area contributed by atoms with Crippen LogP contribution in [0.25, 0.3) is 16.6 Å². The van der Waals surface area contributed by atoms with Crippen molar-refractivity contribution in [3.05, 3.63) is 82.5 Å². The summed E-state index contributed by atoms with van der Waals surface area (Å²) < 4.78 is 21.1. The van der Waals surface area contributed by atoms with Gasteiger partial charge in [0.05, 0.1) is 46.8 Å². The third-order valence-corrected chi connectivity index (χ3v) is 5.89. The molecule has 0 aliphatic rings. The van der Waals surface area contributed by atoms with Crippen molar-refractivity contribution in [1.82, 2.24) is 20.1 Å². The first-order valence-electron chi connectivity index (χ1n) is 10.2. The normalized spacial score (nSPS) is 12.0. The van der Waals surface area contributed by atoms with Crippen LogP contribution in [0.1, 0.15) is 41.7 Å². The van der Waals surface area contributed by atoms with Crippen LogP contribution < -0.4 is 10.1 Å². The Kier molecular flexibility index (Phi) is 6.50. The molecule has 6 nitrogen and oxygen atoms in total. The standard InChI is InChI=1S/C24H22BrFN4O2/c1-3-4-21(15-5-10-23(32-2)20(25)11-15)29-24(31)19-12-27-14-22-18(19)13-28-30(22)17-8-6-16(26)7-9-17/h5-14,21H,3-4H2,1-2H3,(H,29,31). The zero-order valence-electron chi connectivity index (χ0n) is 17.7. The maximum absolute atomic E-state index is 13.3. The Morgan fingerprint density at radius 1 is 1.19 bits per heavy atom. The molecule has 0 radical (unpaired) electrons. The average molecular weight is 497 g/mol. The van der Waals surface area contributed by atoms with E-state index in [1.165, 1.54) is 12.1 Å². The lowest BCUT2D eigenvalue weighted by Gasteiger charge is -2.20. The first-order chi connectivity index (χ1) is 15.5. The van der Waals surface area contributed by atoms with Crippen molar-refractivity contribution in [1.29, 1.82) is 0 Å². The van der Waals surface area contributed by atoms with Crippen LogP contribution in [0.4, 0.5) is 4.39 Å². The quantitative estimate of drug-likeness (QED) is 0.361. The molecule has 1 unspecified atom stereocenters. The van der Waals surface area contributed by atoms with Crippen LogP contribution in [0.3, 0.4) is 0 Å². The van der Waals surface area contributed by atoms with Crippen molar-refractivity contribution in [2.24, 2.45) is 0 Å². The summed E-state index contributed by atoms with van der Waals surface area (Å²) in [4.78, 5) is 17.5. The van der Waals surface area contributed by atoms with Gasteiger partial charge in [0.2, 0.25) is 0 Å². The van der Waals surface area contributed by atoms with E-state index < -0.39 is 0 Å². The van der Waals surface area contributed by atoms with Gasteiger partial charge in [-0.1, -0.05) is 19.4 Å². The number of aromatic nitrogens is 3. The van der Waals surface area contributed by atoms with Gasteiger partial charge in [0, 0.05) is 11.6 Å². The summed E-state index contributed by atoms with van der Waals surface area (Å²) in [6, 6.07) is 11.6. The number of rotatable bonds is 7. The molecule has 1 N–H and O–H groups in total. The van der Waals surface area contributed by atoms with Gasteiger partial charge in [0.1, 0.15) is 11.6 Å². The van der Waals surface area contributed by atoms with Crippen molar-refractivity contribution in [3.63, 3.8) is 0 Å². The first-order valence-corrected chi connectivity index (χ1v) is 11.0. The summed E-state index contributed by atoms with van der Waals surface area (Å²) >= 11 is 3.52. The molecule has 1 amide bonds. The number of hydrogen-bond acceptors (Lipinski definition) is 4. The smallest absolute Gasteiger partial charge is 0.254 e. The lowest BCUT2D eigenvalue weighted by atomic mass is 10.0. The Balaban J connectivity index is 1.65. The highest BCUT2D eigenvalue weighted by Gasteiger charge is 2.20. The molecule has 2 heterocycles. The summed E-state index contributed by atoms with van der Waals surface area (Å²) in [5, 5.41) is 8.21. The van der Waals surface area contributed by atoms with Gasteiger partial charge in [-0.25, -0.2) is 9.07 Å². The van der Waals surface area contributed by atoms with Crippen LogP contribution in [-0.2, 0) is 0 Å². The van der Waals surface area contributed by atoms with Gasteiger partial charge >= 0.3 is 0 Å². The van der Waals surface area contributed by atoms with Crippen LogP contribution in [0.2, 0.25) is 0 Å². The first kappa shape index (κ1) is 22.0. The zero-order valence-corrected chi connectivity index (χ0v) is 19.3. The Hall–Kier alpha value is -3.26. The number of fused-ring (bicyclic) bond motifs is 1. The van der Waals surface area contributed by atoms with Crippen molar-refractivity contribution in [2.45, 2.75) is 25.8 Å². The van der Waals surface area contributed by atoms with E-state index in [1.54, 1.807) is 42.5 Å². The summed E-state index contributed by atoms with van der Waals surface area (Å²) in [5.41, 5.74) is 2.77. The molecule has 0 bridgehead atoms. The molecule has 0 fully saturated rings. The van der Waals surface area contributed by atoms with Crippen molar-refractivity contribution >= 4 is 32.7 Å². The molecule has 4 aromatic rings. The van der Waals surface area contributed by atoms with Crippen LogP contribution in [0, 0.1) is 5.82 Å². The molecule has 0 saturated carbocycles. The SMILES string of the molecule is CCCC(NC(=O)c1cncc2c1cnn2-c1ccc(F)cc1)c1ccc(OC)c(Br)c1. The Bertz CT molecular complexity index is 1260. The molecule has 4 rings (SSSR count). The van der Waals surface area contributed by atoms with Crippen molar-refractivity contribution in [2.75, 3.05) is 7.11 Å². The summed E-state index contributed by atoms with van der Waals surface area (Å²) in [6.45, 7) is 2.08. The maximum Gasteiger partial charge on any atom is 0.254 e. The third-order valence-electron chi connectivity index (χ3n) is 5.27. The van der Waals surface area contributed by atoms with E-state index in [-0.39, 0.29) is 17.8 Å². The molecule has 2 aromatic heterocycles. The van der Waals surface area contributed by atoms with Crippen molar-refractivity contribution < 1.29 is 13.9 Å². The molecule has 1 atom stereocenters. The van der Waals surface area contributed by atoms with E-state index in [9.17, 15) is 9.18 Å². The second-order valence-corrected chi connectivity index (χ2v) is 8.22. The monoisotopic (exact) mass is 496 g/mol. The molecule has 0 saturated heterocycles. The minimum Gasteiger partial charge on any atom is -0.496 e. The van der Waals surface area contributed by atoms with E-state index in [1.807, 2.05) is 18.2 Å². The summed E-state index contributed by atoms with van der Waals surface area (Å²) in [5.74, 6) is 0.181. The predicted molar refractivity (Wildman–Crippen MR) is 125 cm³/mol. The van der Waals surface area contributed by atoms with E-state index in [0.29, 0.717) is 22.2 Å². The largest absolute Gasteiger partial charge is 0.496 e. The van der Waals surface area contributed by atoms with Crippen LogP contribution in [0.5, 0.6) is 5.75 Å². The molecule has 164 valence electrons. The average Bonchev–Trinajstić information content (AvgIpc) is 3.23.